The van der Waals surface area contributed by atoms with Crippen molar-refractivity contribution in [2.75, 3.05) is 7.11 Å². The Morgan fingerprint density at radius 1 is 0.464 bits per heavy atom. The first kappa shape index (κ1) is 71.0. The van der Waals surface area contributed by atoms with Crippen molar-refractivity contribution in [3.63, 3.8) is 0 Å². The fourth-order valence-corrected chi connectivity index (χ4v) is 9.36. The van der Waals surface area contributed by atoms with E-state index in [1.54, 1.807) is 92.7 Å². The van der Waals surface area contributed by atoms with Gasteiger partial charge >= 0.3 is 36.2 Å². The molecule has 10 N–H and O–H groups in total. The monoisotopic (exact) mass is 1230 g/mol. The number of carbonyl (C=O) groups is 8. The number of esters is 1. The average Bonchev–Trinajstić information content (AvgIpc) is 1.64. The number of benzene rings is 3. The lowest BCUT2D eigenvalue weighted by atomic mass is 9.70. The SMILES string of the molecule is CCC(=O)C1(NC(=O)OCc2ccccc2)CC(F)(F)C1.CCC(=O)C1([NH3+])CC(F)(F)C1.COC(=O)C1(NC(=O)OCc2ccccc2)CC(F)(F)C1.NC1(C(=O)O)CC(F)(F)C1.O=C(NC1(C(=O)O)CC(F)(F)C1)OCc1ccccc1.[Cl-]. The number of hydrogen-bond donors (Lipinski definition) is 7. The van der Waals surface area contributed by atoms with Crippen LogP contribution in [0.25, 0.3) is 0 Å². The standard InChI is InChI=1S/C15H17F2NO3.C14H15F2NO4.C13H13F2NO4.C7H11F2NO.C5H7F2NO2.ClH/c1-2-12(19)14(9-15(16,17)10-14)18-13(20)21-8-11-6-4-3-5-7-11;1-20-11(18)13(8-14(15,16)9-13)17-12(19)21-7-10-5-3-2-4-6-10;14-13(15)7-12(8-13,10(17)18)16-11(19)20-6-9-4-2-1-3-5-9;1-2-5(11)6(10)3-7(8,9)4-6;6-5(7)1-4(8,2-5)3(9)10;/h3-7H,2,8-10H2,1H3,(H,18,20);2-6H,7-9H2,1H3,(H,17,19);1-5H,6-8H2,(H,16,19)(H,17,18);2-4,10H2,1H3;1-2,8H2,(H,9,10);1H. The Kier molecular flexibility index (Phi) is 23.7. The number of ketones is 2. The highest BCUT2D eigenvalue weighted by Gasteiger charge is 2.65. The van der Waals surface area contributed by atoms with Crippen LogP contribution < -0.4 is 39.8 Å². The fourth-order valence-electron chi connectivity index (χ4n) is 9.36. The summed E-state index contributed by atoms with van der Waals surface area (Å²) in [7, 11) is 1.08. The van der Waals surface area contributed by atoms with Crippen molar-refractivity contribution in [1.29, 1.82) is 0 Å². The zero-order valence-corrected chi connectivity index (χ0v) is 46.3. The van der Waals surface area contributed by atoms with Gasteiger partial charge in [-0.3, -0.25) is 14.4 Å². The van der Waals surface area contributed by atoms with Gasteiger partial charge in [0.15, 0.2) is 28.2 Å². The molecular weight excluding hydrogens is 1170 g/mol. The molecule has 0 bridgehead atoms. The summed E-state index contributed by atoms with van der Waals surface area (Å²) in [5, 5.41) is 23.7. The number of halogens is 11. The lowest BCUT2D eigenvalue weighted by molar-refractivity contribution is -0.501. The summed E-state index contributed by atoms with van der Waals surface area (Å²) >= 11 is 0. The first-order valence-electron chi connectivity index (χ1n) is 25.4. The van der Waals surface area contributed by atoms with E-state index in [4.69, 9.17) is 30.2 Å². The average molecular weight is 1230 g/mol. The van der Waals surface area contributed by atoms with E-state index in [1.165, 1.54) is 0 Å². The highest BCUT2D eigenvalue weighted by molar-refractivity contribution is 5.93. The van der Waals surface area contributed by atoms with Gasteiger partial charge < -0.3 is 69.0 Å². The summed E-state index contributed by atoms with van der Waals surface area (Å²) in [6, 6.07) is 26.6. The summed E-state index contributed by atoms with van der Waals surface area (Å²) in [4.78, 5) is 90.4. The lowest BCUT2D eigenvalue weighted by Gasteiger charge is -2.45. The molecule has 0 radical (unpaired) electrons. The molecule has 0 heterocycles. The van der Waals surface area contributed by atoms with Gasteiger partial charge in [0.05, 0.1) is 20.0 Å². The van der Waals surface area contributed by atoms with Gasteiger partial charge in [-0.1, -0.05) is 105 Å². The molecule has 3 aromatic carbocycles. The van der Waals surface area contributed by atoms with Crippen LogP contribution in [0.15, 0.2) is 91.0 Å². The minimum absolute atomic E-state index is 0. The second-order valence-electron chi connectivity index (χ2n) is 20.9. The predicted molar refractivity (Wildman–Crippen MR) is 269 cm³/mol. The third-order valence-electron chi connectivity index (χ3n) is 13.5. The third-order valence-corrected chi connectivity index (χ3v) is 13.5. The maximum atomic E-state index is 13.1. The smallest absolute Gasteiger partial charge is 0.408 e. The highest BCUT2D eigenvalue weighted by atomic mass is 35.5. The summed E-state index contributed by atoms with van der Waals surface area (Å²) in [5.41, 5.74) is 3.03. The van der Waals surface area contributed by atoms with E-state index in [-0.39, 0.29) is 57.3 Å². The molecule has 0 aromatic heterocycles. The molecule has 0 saturated heterocycles. The molecule has 3 aromatic rings. The van der Waals surface area contributed by atoms with Crippen LogP contribution in [-0.2, 0) is 62.7 Å². The zero-order chi connectivity index (χ0) is 62.5. The molecule has 8 rings (SSSR count). The van der Waals surface area contributed by atoms with Gasteiger partial charge in [-0.2, -0.15) is 0 Å². The van der Waals surface area contributed by atoms with Crippen LogP contribution >= 0.6 is 0 Å². The summed E-state index contributed by atoms with van der Waals surface area (Å²) in [5.74, 6) is -18.7. The number of alkyl carbamates (subject to hydrolysis) is 3. The Morgan fingerprint density at radius 2 is 0.750 bits per heavy atom. The van der Waals surface area contributed by atoms with E-state index in [0.29, 0.717) is 12.0 Å². The van der Waals surface area contributed by atoms with Gasteiger partial charge in [-0.25, -0.2) is 67.9 Å². The van der Waals surface area contributed by atoms with E-state index < -0.39 is 151 Å². The van der Waals surface area contributed by atoms with Gasteiger partial charge in [0.1, 0.15) is 30.9 Å². The van der Waals surface area contributed by atoms with Crippen molar-refractivity contribution < 1.29 is 130 Å². The number of aliphatic carboxylic acids is 2. The molecule has 0 unspecified atom stereocenters. The Balaban J connectivity index is 0.000000282. The van der Waals surface area contributed by atoms with Crippen molar-refractivity contribution in [1.82, 2.24) is 16.0 Å². The number of carboxylic acid groups (broad SMARTS) is 2. The minimum atomic E-state index is -3.06. The maximum absolute atomic E-state index is 13.1. The normalized spacial score (nSPS) is 20.2. The topological polar surface area (TPSA) is 304 Å². The number of rotatable bonds is 16. The highest BCUT2D eigenvalue weighted by Crippen LogP contribution is 2.49. The van der Waals surface area contributed by atoms with Crippen LogP contribution in [0.3, 0.4) is 0 Å². The summed E-state index contributed by atoms with van der Waals surface area (Å²) in [6.07, 6.45) is -9.35. The largest absolute Gasteiger partial charge is 1.00 e. The van der Waals surface area contributed by atoms with E-state index >= 15 is 0 Å². The zero-order valence-electron chi connectivity index (χ0n) is 45.5. The number of carbonyl (C=O) groups excluding carboxylic acids is 6. The number of nitrogens with one attached hydrogen (secondary N) is 3. The van der Waals surface area contributed by atoms with Crippen LogP contribution in [0, 0.1) is 0 Å². The van der Waals surface area contributed by atoms with Crippen LogP contribution in [-0.4, -0.2) is 122 Å². The second-order valence-corrected chi connectivity index (χ2v) is 20.9. The molecule has 30 heteroatoms. The molecule has 3 amide bonds. The fraction of sp³-hybridized carbons (Fsp3) is 0.519. The van der Waals surface area contributed by atoms with Crippen LogP contribution in [0.2, 0.25) is 0 Å². The van der Waals surface area contributed by atoms with Crippen molar-refractivity contribution in [3.05, 3.63) is 108 Å². The number of ether oxygens (including phenoxy) is 4. The van der Waals surface area contributed by atoms with E-state index in [0.717, 1.165) is 18.2 Å². The molecule has 84 heavy (non-hydrogen) atoms. The lowest BCUT2D eigenvalue weighted by Crippen LogP contribution is -3.00. The molecule has 5 saturated carbocycles. The molecule has 5 aliphatic rings. The van der Waals surface area contributed by atoms with Crippen LogP contribution in [0.1, 0.15) is 108 Å². The predicted octanol–water partition coefficient (Wildman–Crippen LogP) is 5.06. The minimum Gasteiger partial charge on any atom is -1.00 e. The number of nitrogens with two attached hydrogens (primary N) is 1. The number of quaternary nitrogens is 1. The number of carboxylic acids is 2. The summed E-state index contributed by atoms with van der Waals surface area (Å²) in [6.45, 7) is 3.21. The van der Waals surface area contributed by atoms with E-state index in [9.17, 15) is 82.3 Å². The maximum Gasteiger partial charge on any atom is 0.408 e. The second kappa shape index (κ2) is 28.1. The quantitative estimate of drug-likeness (QED) is 0.0561. The van der Waals surface area contributed by atoms with Gasteiger partial charge in [0, 0.05) is 64.2 Å². The van der Waals surface area contributed by atoms with Crippen molar-refractivity contribution in [2.24, 2.45) is 5.73 Å². The van der Waals surface area contributed by atoms with Gasteiger partial charge in [0.2, 0.25) is 0 Å². The Bertz CT molecular complexity index is 2650. The van der Waals surface area contributed by atoms with Crippen LogP contribution in [0.5, 0.6) is 0 Å². The number of methoxy groups -OCH3 is 1. The first-order valence-corrected chi connectivity index (χ1v) is 25.4. The molecule has 0 spiro atoms. The molecule has 0 atom stereocenters. The van der Waals surface area contributed by atoms with Gasteiger partial charge in [-0.15, -0.1) is 0 Å². The van der Waals surface area contributed by atoms with Gasteiger partial charge in [0.25, 0.3) is 29.6 Å². The van der Waals surface area contributed by atoms with Crippen molar-refractivity contribution >= 4 is 47.8 Å². The summed E-state index contributed by atoms with van der Waals surface area (Å²) < 4.78 is 146. The Morgan fingerprint density at radius 3 is 1.01 bits per heavy atom. The number of hydrogen-bond acceptors (Lipinski definition) is 13. The molecule has 0 aliphatic heterocycles. The van der Waals surface area contributed by atoms with Gasteiger partial charge in [-0.05, 0) is 16.7 Å². The number of alkyl halides is 10. The van der Waals surface area contributed by atoms with E-state index in [2.05, 4.69) is 21.1 Å². The molecule has 466 valence electrons. The molecular formula is C54H64ClF10N5O14. The molecule has 5 aliphatic carbocycles. The first-order chi connectivity index (χ1) is 38.3. The third kappa shape index (κ3) is 19.9. The Labute approximate surface area is 480 Å². The van der Waals surface area contributed by atoms with Crippen molar-refractivity contribution in [2.45, 2.75) is 168 Å². The molecule has 5 fully saturated rings. The van der Waals surface area contributed by atoms with Crippen molar-refractivity contribution in [3.8, 4) is 0 Å². The number of Topliss-reactive ketones (excluding diaryl/α,β-unsaturated/α-hetero) is 2. The number of amides is 3. The Hall–Kier alpha value is -7.27. The molecule has 19 nitrogen and oxygen atoms in total. The van der Waals surface area contributed by atoms with E-state index in [1.807, 2.05) is 17.4 Å². The van der Waals surface area contributed by atoms with Crippen LogP contribution in [0.4, 0.5) is 58.3 Å².